The van der Waals surface area contributed by atoms with Crippen LogP contribution in [0.15, 0.2) is 29.2 Å². The third kappa shape index (κ3) is 5.95. The lowest BCUT2D eigenvalue weighted by Gasteiger charge is -2.34. The molecule has 30 heavy (non-hydrogen) atoms. The summed E-state index contributed by atoms with van der Waals surface area (Å²) in [5, 5.41) is 3.07. The van der Waals surface area contributed by atoms with Crippen LogP contribution in [-0.2, 0) is 14.8 Å². The second-order valence-corrected chi connectivity index (χ2v) is 10.3. The topological polar surface area (TPSA) is 79.0 Å². The number of nitrogens with one attached hydrogen (secondary N) is 1. The number of hydrogen-bond donors (Lipinski definition) is 1. The number of piperidine rings is 1. The lowest BCUT2D eigenvalue weighted by molar-refractivity contribution is -0.122. The minimum absolute atomic E-state index is 0.119. The molecule has 1 saturated carbocycles. The van der Waals surface area contributed by atoms with Gasteiger partial charge in [-0.2, -0.15) is 4.31 Å². The molecule has 1 N–H and O–H groups in total. The van der Waals surface area contributed by atoms with E-state index >= 15 is 0 Å². The summed E-state index contributed by atoms with van der Waals surface area (Å²) < 4.78 is 33.8. The van der Waals surface area contributed by atoms with E-state index in [0.29, 0.717) is 12.4 Å². The second-order valence-electron chi connectivity index (χ2n) is 8.39. The summed E-state index contributed by atoms with van der Waals surface area (Å²) in [6.07, 6.45) is 6.52. The molecule has 3 rings (SSSR count). The summed E-state index contributed by atoms with van der Waals surface area (Å²) in [4.78, 5) is 15.3. The molecule has 1 aliphatic carbocycles. The van der Waals surface area contributed by atoms with Crippen LogP contribution in [0.3, 0.4) is 0 Å². The summed E-state index contributed by atoms with van der Waals surface area (Å²) >= 11 is 0. The Morgan fingerprint density at radius 2 is 1.73 bits per heavy atom. The highest BCUT2D eigenvalue weighted by molar-refractivity contribution is 7.89. The number of benzene rings is 1. The van der Waals surface area contributed by atoms with Gasteiger partial charge in [-0.3, -0.25) is 4.79 Å². The van der Waals surface area contributed by atoms with Crippen LogP contribution in [0.1, 0.15) is 51.9 Å². The first-order valence-corrected chi connectivity index (χ1v) is 12.6. The van der Waals surface area contributed by atoms with Crippen molar-refractivity contribution in [1.29, 1.82) is 0 Å². The minimum atomic E-state index is -3.77. The lowest BCUT2D eigenvalue weighted by atomic mass is 9.95. The molecular weight excluding hydrogens is 402 g/mol. The number of carbonyl (C=O) groups excluding carboxylic acids is 1. The van der Waals surface area contributed by atoms with Gasteiger partial charge >= 0.3 is 0 Å². The zero-order valence-corrected chi connectivity index (χ0v) is 19.0. The monoisotopic (exact) mass is 437 g/mol. The Balaban J connectivity index is 1.74. The van der Waals surface area contributed by atoms with E-state index in [9.17, 15) is 13.2 Å². The van der Waals surface area contributed by atoms with E-state index in [1.54, 1.807) is 24.3 Å². The fraction of sp³-hybridized carbons (Fsp3) is 0.682. The van der Waals surface area contributed by atoms with Gasteiger partial charge in [0.05, 0.1) is 18.0 Å². The quantitative estimate of drug-likeness (QED) is 0.676. The molecule has 1 heterocycles. The molecule has 1 amide bonds. The third-order valence-corrected chi connectivity index (χ3v) is 8.02. The van der Waals surface area contributed by atoms with Crippen LogP contribution in [0, 0.1) is 0 Å². The van der Waals surface area contributed by atoms with Crippen LogP contribution < -0.4 is 10.1 Å². The largest absolute Gasteiger partial charge is 0.494 e. The summed E-state index contributed by atoms with van der Waals surface area (Å²) in [5.41, 5.74) is 0. The van der Waals surface area contributed by atoms with Crippen molar-refractivity contribution in [3.05, 3.63) is 24.3 Å². The standard InChI is InChI=1S/C22H35N3O4S/c1-3-29-20-9-11-21(12-10-20)30(27,28)25(19-7-5-4-6-8-19)17-22(26)23-18-13-15-24(2)16-14-18/h9-12,18-19H,3-8,13-17H2,1-2H3,(H,23,26). The lowest BCUT2D eigenvalue weighted by Crippen LogP contribution is -2.50. The van der Waals surface area contributed by atoms with Crippen molar-refractivity contribution in [2.45, 2.75) is 68.8 Å². The first-order valence-electron chi connectivity index (χ1n) is 11.1. The predicted molar refractivity (Wildman–Crippen MR) is 117 cm³/mol. The van der Waals surface area contributed by atoms with Gasteiger partial charge in [0.25, 0.3) is 0 Å². The number of hydrogen-bond acceptors (Lipinski definition) is 5. The molecule has 2 aliphatic rings. The van der Waals surface area contributed by atoms with Crippen molar-refractivity contribution in [1.82, 2.24) is 14.5 Å². The average Bonchev–Trinajstić information content (AvgIpc) is 2.75. The predicted octanol–water partition coefficient (Wildman–Crippen LogP) is 2.62. The number of carbonyl (C=O) groups is 1. The molecule has 1 aliphatic heterocycles. The van der Waals surface area contributed by atoms with Crippen molar-refractivity contribution in [2.75, 3.05) is 33.3 Å². The highest BCUT2D eigenvalue weighted by atomic mass is 32.2. The van der Waals surface area contributed by atoms with Gasteiger partial charge in [0, 0.05) is 12.1 Å². The van der Waals surface area contributed by atoms with Crippen molar-refractivity contribution in [3.63, 3.8) is 0 Å². The molecule has 0 unspecified atom stereocenters. The summed E-state index contributed by atoms with van der Waals surface area (Å²) in [7, 11) is -1.69. The van der Waals surface area contributed by atoms with Crippen LogP contribution >= 0.6 is 0 Å². The Hall–Kier alpha value is -1.64. The first kappa shape index (κ1) is 23.0. The number of rotatable bonds is 8. The van der Waals surface area contributed by atoms with Gasteiger partial charge in [0.1, 0.15) is 5.75 Å². The van der Waals surface area contributed by atoms with E-state index in [-0.39, 0.29) is 29.4 Å². The summed E-state index contributed by atoms with van der Waals surface area (Å²) in [5.74, 6) is 0.435. The maximum Gasteiger partial charge on any atom is 0.243 e. The Labute approximate surface area is 180 Å². The average molecular weight is 438 g/mol. The summed E-state index contributed by atoms with van der Waals surface area (Å²) in [6, 6.07) is 6.49. The van der Waals surface area contributed by atoms with Crippen LogP contribution in [0.4, 0.5) is 0 Å². The van der Waals surface area contributed by atoms with Crippen LogP contribution in [0.5, 0.6) is 5.75 Å². The number of likely N-dealkylation sites (tertiary alicyclic amines) is 1. The smallest absolute Gasteiger partial charge is 0.243 e. The highest BCUT2D eigenvalue weighted by Crippen LogP contribution is 2.28. The molecule has 0 spiro atoms. The van der Waals surface area contributed by atoms with Gasteiger partial charge in [0.2, 0.25) is 15.9 Å². The normalized spacial score (nSPS) is 19.7. The van der Waals surface area contributed by atoms with E-state index < -0.39 is 10.0 Å². The number of amides is 1. The van der Waals surface area contributed by atoms with E-state index in [1.165, 1.54) is 4.31 Å². The van der Waals surface area contributed by atoms with Crippen molar-refractivity contribution >= 4 is 15.9 Å². The van der Waals surface area contributed by atoms with Crippen molar-refractivity contribution < 1.29 is 17.9 Å². The zero-order chi connectivity index (χ0) is 21.6. The van der Waals surface area contributed by atoms with Gasteiger partial charge in [0.15, 0.2) is 0 Å². The first-order chi connectivity index (χ1) is 14.4. The maximum absolute atomic E-state index is 13.5. The number of ether oxygens (including phenoxy) is 1. The van der Waals surface area contributed by atoms with Gasteiger partial charge in [-0.15, -0.1) is 0 Å². The maximum atomic E-state index is 13.5. The van der Waals surface area contributed by atoms with Gasteiger partial charge in [-0.25, -0.2) is 8.42 Å². The van der Waals surface area contributed by atoms with E-state index in [1.807, 2.05) is 6.92 Å². The molecule has 0 atom stereocenters. The Morgan fingerprint density at radius 1 is 1.10 bits per heavy atom. The molecule has 0 radical (unpaired) electrons. The summed E-state index contributed by atoms with van der Waals surface area (Å²) in [6.45, 7) is 4.19. The van der Waals surface area contributed by atoms with Gasteiger partial charge < -0.3 is 15.0 Å². The Bertz CT molecular complexity index is 783. The highest BCUT2D eigenvalue weighted by Gasteiger charge is 2.34. The van der Waals surface area contributed by atoms with Gasteiger partial charge in [-0.1, -0.05) is 19.3 Å². The second kappa shape index (κ2) is 10.6. The Kier molecular flexibility index (Phi) is 8.13. The molecule has 0 bridgehead atoms. The molecule has 1 aromatic carbocycles. The van der Waals surface area contributed by atoms with Gasteiger partial charge in [-0.05, 0) is 77.0 Å². The molecule has 1 saturated heterocycles. The third-order valence-electron chi connectivity index (χ3n) is 6.11. The van der Waals surface area contributed by atoms with Crippen LogP contribution in [-0.4, -0.2) is 68.9 Å². The fourth-order valence-corrected chi connectivity index (χ4v) is 6.00. The van der Waals surface area contributed by atoms with Crippen molar-refractivity contribution in [3.8, 4) is 5.75 Å². The molecular formula is C22H35N3O4S. The number of nitrogens with zero attached hydrogens (tertiary/aromatic N) is 2. The SMILES string of the molecule is CCOc1ccc(S(=O)(=O)N(CC(=O)NC2CCN(C)CC2)C2CCCCC2)cc1. The fourth-order valence-electron chi connectivity index (χ4n) is 4.36. The number of sulfonamides is 1. The van der Waals surface area contributed by atoms with Crippen LogP contribution in [0.25, 0.3) is 0 Å². The molecule has 0 aromatic heterocycles. The molecule has 7 nitrogen and oxygen atoms in total. The van der Waals surface area contributed by atoms with E-state index in [4.69, 9.17) is 4.74 Å². The minimum Gasteiger partial charge on any atom is -0.494 e. The molecule has 168 valence electrons. The van der Waals surface area contributed by atoms with Crippen LogP contribution in [0.2, 0.25) is 0 Å². The Morgan fingerprint density at radius 3 is 2.33 bits per heavy atom. The molecule has 2 fully saturated rings. The molecule has 1 aromatic rings. The van der Waals surface area contributed by atoms with Crippen molar-refractivity contribution in [2.24, 2.45) is 0 Å². The zero-order valence-electron chi connectivity index (χ0n) is 18.2. The molecule has 8 heteroatoms. The van der Waals surface area contributed by atoms with E-state index in [0.717, 1.165) is 58.0 Å². The van der Waals surface area contributed by atoms with E-state index in [2.05, 4.69) is 17.3 Å².